The van der Waals surface area contributed by atoms with Crippen LogP contribution in [-0.2, 0) is 4.74 Å². The first-order valence-electron chi connectivity index (χ1n) is 9.55. The van der Waals surface area contributed by atoms with Gasteiger partial charge in [-0.25, -0.2) is 9.78 Å². The number of nitrogens with one attached hydrogen (secondary N) is 1. The second-order valence-corrected chi connectivity index (χ2v) is 7.67. The van der Waals surface area contributed by atoms with Crippen molar-refractivity contribution in [2.24, 2.45) is 0 Å². The van der Waals surface area contributed by atoms with Crippen molar-refractivity contribution in [3.05, 3.63) is 70.7 Å². The zero-order valence-electron chi connectivity index (χ0n) is 16.6. The number of phenols is 1. The molecule has 0 unspecified atom stereocenters. The third kappa shape index (κ3) is 4.44. The summed E-state index contributed by atoms with van der Waals surface area (Å²) in [5, 5.41) is 14.4. The van der Waals surface area contributed by atoms with E-state index < -0.39 is 5.97 Å². The van der Waals surface area contributed by atoms with Gasteiger partial charge in [0.05, 0.1) is 12.1 Å². The largest absolute Gasteiger partial charge is 0.507 e. The number of nitrogens with zero attached hydrogens (tertiary/aromatic N) is 2. The second kappa shape index (κ2) is 8.61. The maximum atomic E-state index is 11.9. The van der Waals surface area contributed by atoms with Crippen LogP contribution >= 0.6 is 15.9 Å². The van der Waals surface area contributed by atoms with Crippen LogP contribution in [0, 0.1) is 0 Å². The molecule has 0 radical (unpaired) electrons. The van der Waals surface area contributed by atoms with Gasteiger partial charge in [-0.15, -0.1) is 0 Å². The van der Waals surface area contributed by atoms with E-state index in [9.17, 15) is 9.90 Å². The molecule has 0 aliphatic heterocycles. The molecule has 4 N–H and O–H groups in total. The van der Waals surface area contributed by atoms with E-state index >= 15 is 0 Å². The fraction of sp³-hybridized carbons (Fsp3) is 0.0870. The van der Waals surface area contributed by atoms with E-state index in [1.165, 1.54) is 6.07 Å². The van der Waals surface area contributed by atoms with Gasteiger partial charge in [-0.2, -0.15) is 4.98 Å². The van der Waals surface area contributed by atoms with Gasteiger partial charge >= 0.3 is 5.97 Å². The Bertz CT molecular complexity index is 1290. The van der Waals surface area contributed by atoms with Crippen LogP contribution in [0.3, 0.4) is 0 Å². The summed E-state index contributed by atoms with van der Waals surface area (Å²) in [7, 11) is 0. The number of nitrogen functional groups attached to an aromatic ring is 1. The first-order valence-corrected chi connectivity index (χ1v) is 10.3. The van der Waals surface area contributed by atoms with E-state index in [0.717, 1.165) is 26.7 Å². The lowest BCUT2D eigenvalue weighted by Crippen LogP contribution is -2.04. The standard InChI is InChI=1S/C23H19BrN4O3/c1-2-31-22(30)17-8-6-14(11-20(17)29)13-7-9-19-18(10-13)21(28-23(25)27-19)26-16-5-3-4-15(24)12-16/h3-12,29H,2H2,1H3,(H3,25,26,27,28). The Balaban J connectivity index is 1.76. The Morgan fingerprint density at radius 3 is 2.61 bits per heavy atom. The van der Waals surface area contributed by atoms with Crippen molar-refractivity contribution in [2.75, 3.05) is 17.7 Å². The number of ether oxygens (including phenoxy) is 1. The number of hydrogen-bond donors (Lipinski definition) is 3. The lowest BCUT2D eigenvalue weighted by molar-refractivity contribution is 0.0523. The highest BCUT2D eigenvalue weighted by Crippen LogP contribution is 2.32. The highest BCUT2D eigenvalue weighted by atomic mass is 79.9. The van der Waals surface area contributed by atoms with Crippen molar-refractivity contribution in [3.63, 3.8) is 0 Å². The molecule has 0 saturated heterocycles. The number of carbonyl (C=O) groups excluding carboxylic acids is 1. The first-order chi connectivity index (χ1) is 14.9. The summed E-state index contributed by atoms with van der Waals surface area (Å²) >= 11 is 3.46. The molecular weight excluding hydrogens is 460 g/mol. The van der Waals surface area contributed by atoms with E-state index in [1.54, 1.807) is 19.1 Å². The zero-order valence-corrected chi connectivity index (χ0v) is 18.2. The van der Waals surface area contributed by atoms with E-state index in [2.05, 4.69) is 31.2 Å². The maximum Gasteiger partial charge on any atom is 0.341 e. The summed E-state index contributed by atoms with van der Waals surface area (Å²) in [5.41, 5.74) is 9.10. The van der Waals surface area contributed by atoms with Crippen LogP contribution in [0.25, 0.3) is 22.0 Å². The monoisotopic (exact) mass is 478 g/mol. The minimum Gasteiger partial charge on any atom is -0.507 e. The van der Waals surface area contributed by atoms with Crippen molar-refractivity contribution in [3.8, 4) is 16.9 Å². The summed E-state index contributed by atoms with van der Waals surface area (Å²) in [6.45, 7) is 1.95. The number of benzene rings is 3. The normalized spacial score (nSPS) is 10.8. The SMILES string of the molecule is CCOC(=O)c1ccc(-c2ccc3nc(N)nc(Nc4cccc(Br)c4)c3c2)cc1O. The molecule has 156 valence electrons. The second-order valence-electron chi connectivity index (χ2n) is 6.75. The van der Waals surface area contributed by atoms with Crippen LogP contribution < -0.4 is 11.1 Å². The van der Waals surface area contributed by atoms with Crippen LogP contribution in [0.2, 0.25) is 0 Å². The number of aromatic hydroxyl groups is 1. The summed E-state index contributed by atoms with van der Waals surface area (Å²) in [6, 6.07) is 18.2. The number of hydrogen-bond acceptors (Lipinski definition) is 7. The molecule has 8 heteroatoms. The summed E-state index contributed by atoms with van der Waals surface area (Å²) in [5.74, 6) is 0.0236. The molecule has 0 spiro atoms. The van der Waals surface area contributed by atoms with Gasteiger partial charge in [0.1, 0.15) is 17.1 Å². The Kier molecular flexibility index (Phi) is 5.73. The van der Waals surface area contributed by atoms with Crippen LogP contribution in [0.1, 0.15) is 17.3 Å². The van der Waals surface area contributed by atoms with E-state index in [4.69, 9.17) is 10.5 Å². The quantitative estimate of drug-likeness (QED) is 0.335. The van der Waals surface area contributed by atoms with Gasteiger partial charge in [0, 0.05) is 15.5 Å². The number of carbonyl (C=O) groups is 1. The molecule has 0 aliphatic rings. The molecule has 3 aromatic carbocycles. The Morgan fingerprint density at radius 1 is 1.10 bits per heavy atom. The number of esters is 1. The Hall–Kier alpha value is -3.65. The number of anilines is 3. The molecule has 4 aromatic rings. The third-order valence-corrected chi connectivity index (χ3v) is 5.12. The molecule has 31 heavy (non-hydrogen) atoms. The number of phenolic OH excluding ortho intramolecular Hbond substituents is 1. The van der Waals surface area contributed by atoms with Crippen molar-refractivity contribution < 1.29 is 14.6 Å². The average molecular weight is 479 g/mol. The number of halogens is 1. The lowest BCUT2D eigenvalue weighted by Gasteiger charge is -2.12. The van der Waals surface area contributed by atoms with Crippen LogP contribution in [-0.4, -0.2) is 27.7 Å². The van der Waals surface area contributed by atoms with Gasteiger partial charge in [0.15, 0.2) is 0 Å². The van der Waals surface area contributed by atoms with Gasteiger partial charge in [0.2, 0.25) is 5.95 Å². The van der Waals surface area contributed by atoms with Crippen LogP contribution in [0.15, 0.2) is 65.1 Å². The number of aromatic nitrogens is 2. The fourth-order valence-corrected chi connectivity index (χ4v) is 3.62. The van der Waals surface area contributed by atoms with Crippen LogP contribution in [0.4, 0.5) is 17.5 Å². The number of fused-ring (bicyclic) bond motifs is 1. The molecule has 0 bridgehead atoms. The first kappa shape index (κ1) is 20.6. The Morgan fingerprint density at radius 2 is 1.87 bits per heavy atom. The van der Waals surface area contributed by atoms with Crippen molar-refractivity contribution in [2.45, 2.75) is 6.92 Å². The minimum atomic E-state index is -0.561. The molecule has 4 rings (SSSR count). The van der Waals surface area contributed by atoms with Crippen molar-refractivity contribution in [1.29, 1.82) is 0 Å². The Labute approximate surface area is 187 Å². The maximum absolute atomic E-state index is 11.9. The predicted octanol–water partition coefficient (Wildman–Crippen LogP) is 5.27. The third-order valence-electron chi connectivity index (χ3n) is 4.63. The van der Waals surface area contributed by atoms with Gasteiger partial charge in [0.25, 0.3) is 0 Å². The molecule has 0 aliphatic carbocycles. The van der Waals surface area contributed by atoms with Crippen molar-refractivity contribution in [1.82, 2.24) is 9.97 Å². The van der Waals surface area contributed by atoms with E-state index in [1.807, 2.05) is 42.5 Å². The summed E-state index contributed by atoms with van der Waals surface area (Å²) in [4.78, 5) is 20.6. The number of nitrogens with two attached hydrogens (primary N) is 1. The predicted molar refractivity (Wildman–Crippen MR) is 124 cm³/mol. The smallest absolute Gasteiger partial charge is 0.341 e. The lowest BCUT2D eigenvalue weighted by atomic mass is 10.0. The highest BCUT2D eigenvalue weighted by molar-refractivity contribution is 9.10. The summed E-state index contributed by atoms with van der Waals surface area (Å²) < 4.78 is 5.90. The average Bonchev–Trinajstić information content (AvgIpc) is 2.73. The molecule has 1 aromatic heterocycles. The molecular formula is C23H19BrN4O3. The molecule has 0 amide bonds. The highest BCUT2D eigenvalue weighted by Gasteiger charge is 2.14. The molecule has 7 nitrogen and oxygen atoms in total. The topological polar surface area (TPSA) is 110 Å². The number of rotatable bonds is 5. The van der Waals surface area contributed by atoms with Gasteiger partial charge < -0.3 is 20.9 Å². The van der Waals surface area contributed by atoms with Crippen LogP contribution in [0.5, 0.6) is 5.75 Å². The minimum absolute atomic E-state index is 0.125. The van der Waals surface area contributed by atoms with Gasteiger partial charge in [-0.1, -0.05) is 34.1 Å². The fourth-order valence-electron chi connectivity index (χ4n) is 3.22. The summed E-state index contributed by atoms with van der Waals surface area (Å²) in [6.07, 6.45) is 0. The van der Waals surface area contributed by atoms with Crippen molar-refractivity contribution >= 4 is 50.3 Å². The van der Waals surface area contributed by atoms with E-state index in [-0.39, 0.29) is 23.9 Å². The molecule has 0 atom stereocenters. The molecule has 0 fully saturated rings. The van der Waals surface area contributed by atoms with Gasteiger partial charge in [-0.05, 0) is 60.5 Å². The van der Waals surface area contributed by atoms with E-state index in [0.29, 0.717) is 11.3 Å². The van der Waals surface area contributed by atoms with Gasteiger partial charge in [-0.3, -0.25) is 0 Å². The molecule has 0 saturated carbocycles. The molecule has 1 heterocycles. The zero-order chi connectivity index (χ0) is 22.0.